The second kappa shape index (κ2) is 10.7. The predicted molar refractivity (Wildman–Crippen MR) is 117 cm³/mol. The summed E-state index contributed by atoms with van der Waals surface area (Å²) in [6.45, 7) is 2.16. The number of hydrogen-bond donors (Lipinski definition) is 0. The van der Waals surface area contributed by atoms with E-state index in [1.54, 1.807) is 11.8 Å². The van der Waals surface area contributed by atoms with Gasteiger partial charge in [0.1, 0.15) is 5.01 Å². The van der Waals surface area contributed by atoms with E-state index in [-0.39, 0.29) is 11.5 Å². The smallest absolute Gasteiger partial charge is 0.175 e. The van der Waals surface area contributed by atoms with Crippen molar-refractivity contribution in [1.82, 2.24) is 15.2 Å². The van der Waals surface area contributed by atoms with Crippen LogP contribution in [0.4, 0.5) is 0 Å². The van der Waals surface area contributed by atoms with E-state index in [1.165, 1.54) is 34.4 Å². The van der Waals surface area contributed by atoms with E-state index >= 15 is 0 Å². The molecule has 0 aliphatic heterocycles. The van der Waals surface area contributed by atoms with Gasteiger partial charge >= 0.3 is 0 Å². The van der Waals surface area contributed by atoms with Crippen LogP contribution in [0.3, 0.4) is 0 Å². The topological polar surface area (TPSA) is 79.5 Å². The number of nitrogens with zero attached hydrogens (tertiary/aromatic N) is 4. The zero-order chi connectivity index (χ0) is 19.8. The molecule has 3 rings (SSSR count). The Morgan fingerprint density at radius 2 is 1.96 bits per heavy atom. The number of rotatable bonds is 10. The lowest BCUT2D eigenvalue weighted by Gasteiger charge is -2.03. The molecule has 0 N–H and O–H groups in total. The van der Waals surface area contributed by atoms with Gasteiger partial charge in [0.15, 0.2) is 20.4 Å². The van der Waals surface area contributed by atoms with Crippen LogP contribution in [0.2, 0.25) is 0 Å². The van der Waals surface area contributed by atoms with Crippen molar-refractivity contribution in [2.45, 2.75) is 34.4 Å². The Balaban J connectivity index is 1.59. The first kappa shape index (κ1) is 21.0. The summed E-state index contributed by atoms with van der Waals surface area (Å²) in [5, 5.41) is 20.2. The number of nitriles is 1. The average Bonchev–Trinajstić information content (AvgIpc) is 3.38. The highest BCUT2D eigenvalue weighted by Crippen LogP contribution is 2.31. The van der Waals surface area contributed by atoms with E-state index in [9.17, 15) is 10.1 Å². The van der Waals surface area contributed by atoms with Gasteiger partial charge in [-0.3, -0.25) is 4.79 Å². The Morgan fingerprint density at radius 1 is 1.21 bits per heavy atom. The number of thiazole rings is 1. The maximum absolute atomic E-state index is 12.6. The van der Waals surface area contributed by atoms with Crippen LogP contribution in [-0.2, 0) is 4.79 Å². The largest absolute Gasteiger partial charge is 0.297 e. The second-order valence-electron chi connectivity index (χ2n) is 5.79. The van der Waals surface area contributed by atoms with Gasteiger partial charge in [-0.25, -0.2) is 4.98 Å². The Morgan fingerprint density at radius 3 is 2.68 bits per heavy atom. The molecular weight excluding hydrogens is 429 g/mol. The summed E-state index contributed by atoms with van der Waals surface area (Å²) in [6.07, 6.45) is 2.30. The zero-order valence-corrected chi connectivity index (χ0v) is 18.5. The van der Waals surface area contributed by atoms with E-state index in [4.69, 9.17) is 0 Å². The maximum atomic E-state index is 12.6. The minimum Gasteiger partial charge on any atom is -0.297 e. The summed E-state index contributed by atoms with van der Waals surface area (Å²) in [5.41, 5.74) is 1.77. The van der Waals surface area contributed by atoms with Crippen molar-refractivity contribution < 1.29 is 4.79 Å². The molecule has 0 aliphatic rings. The summed E-state index contributed by atoms with van der Waals surface area (Å²) in [6, 6.07) is 11.9. The van der Waals surface area contributed by atoms with Gasteiger partial charge in [0.05, 0.1) is 17.5 Å². The molecule has 1 unspecified atom stereocenters. The molecule has 0 saturated heterocycles. The molecule has 0 amide bonds. The van der Waals surface area contributed by atoms with Crippen LogP contribution >= 0.6 is 46.2 Å². The average molecular weight is 447 g/mol. The highest BCUT2D eigenvalue weighted by molar-refractivity contribution is 8.03. The van der Waals surface area contributed by atoms with Gasteiger partial charge in [0, 0.05) is 16.7 Å². The second-order valence-corrected chi connectivity index (χ2v) is 10.2. The van der Waals surface area contributed by atoms with Gasteiger partial charge in [-0.15, -0.1) is 21.5 Å². The van der Waals surface area contributed by atoms with Gasteiger partial charge in [-0.05, 0) is 6.42 Å². The van der Waals surface area contributed by atoms with Crippen LogP contribution in [0.25, 0.3) is 11.3 Å². The van der Waals surface area contributed by atoms with Crippen molar-refractivity contribution in [2.24, 2.45) is 0 Å². The number of benzene rings is 1. The van der Waals surface area contributed by atoms with Crippen molar-refractivity contribution in [1.29, 1.82) is 5.26 Å². The fourth-order valence-electron chi connectivity index (χ4n) is 2.26. The Kier molecular flexibility index (Phi) is 8.03. The molecule has 0 radical (unpaired) electrons. The third-order valence-electron chi connectivity index (χ3n) is 3.74. The lowest BCUT2D eigenvalue weighted by molar-refractivity contribution is -0.116. The lowest BCUT2D eigenvalue weighted by Crippen LogP contribution is -2.13. The van der Waals surface area contributed by atoms with Crippen LogP contribution in [0, 0.1) is 11.3 Å². The normalized spacial score (nSPS) is 11.9. The molecular formula is C19H18N4OS4. The monoisotopic (exact) mass is 446 g/mol. The molecule has 0 aliphatic carbocycles. The zero-order valence-electron chi connectivity index (χ0n) is 15.2. The van der Waals surface area contributed by atoms with E-state index in [2.05, 4.69) is 28.2 Å². The van der Waals surface area contributed by atoms with Crippen molar-refractivity contribution in [3.8, 4) is 17.3 Å². The molecule has 0 saturated carbocycles. The van der Waals surface area contributed by atoms with Crippen molar-refractivity contribution >= 4 is 52.0 Å². The number of Topliss-reactive ketones (excluding diaryl/α,β-unsaturated/α-hetero) is 1. The first-order valence-electron chi connectivity index (χ1n) is 8.73. The maximum Gasteiger partial charge on any atom is 0.175 e. The molecule has 5 nitrogen and oxygen atoms in total. The summed E-state index contributed by atoms with van der Waals surface area (Å²) < 4.78 is 1.68. The predicted octanol–water partition coefficient (Wildman–Crippen LogP) is 5.52. The lowest BCUT2D eigenvalue weighted by atomic mass is 10.1. The molecule has 144 valence electrons. The van der Waals surface area contributed by atoms with Crippen molar-refractivity contribution in [2.75, 3.05) is 11.5 Å². The van der Waals surface area contributed by atoms with Crippen LogP contribution < -0.4 is 0 Å². The summed E-state index contributed by atoms with van der Waals surface area (Å²) in [5.74, 6) is 0.212. The number of hydrogen-bond acceptors (Lipinski definition) is 9. The number of aromatic nitrogens is 3. The van der Waals surface area contributed by atoms with E-state index < -0.39 is 5.92 Å². The van der Waals surface area contributed by atoms with Gasteiger partial charge < -0.3 is 0 Å². The molecule has 1 atom stereocenters. The highest BCUT2D eigenvalue weighted by Gasteiger charge is 2.24. The fraction of sp³-hybridized carbons (Fsp3) is 0.316. The van der Waals surface area contributed by atoms with E-state index in [0.717, 1.165) is 38.5 Å². The Labute approximate surface area is 180 Å². The van der Waals surface area contributed by atoms with E-state index in [0.29, 0.717) is 5.01 Å². The van der Waals surface area contributed by atoms with Crippen LogP contribution in [0.5, 0.6) is 0 Å². The third kappa shape index (κ3) is 5.64. The number of ketones is 1. The van der Waals surface area contributed by atoms with Crippen LogP contribution in [0.1, 0.15) is 30.7 Å². The minimum atomic E-state index is -0.846. The number of thioether (sulfide) groups is 2. The molecule has 0 bridgehead atoms. The first-order valence-corrected chi connectivity index (χ1v) is 12.4. The molecule has 0 fully saturated rings. The molecule has 1 aromatic carbocycles. The van der Waals surface area contributed by atoms with Crippen molar-refractivity contribution in [3.63, 3.8) is 0 Å². The minimum absolute atomic E-state index is 0.156. The first-order chi connectivity index (χ1) is 13.7. The molecule has 2 aromatic heterocycles. The van der Waals surface area contributed by atoms with Crippen LogP contribution in [0.15, 0.2) is 44.4 Å². The Bertz CT molecular complexity index is 948. The number of carbonyl (C=O) groups is 1. The summed E-state index contributed by atoms with van der Waals surface area (Å²) in [7, 11) is 0. The number of unbranched alkanes of at least 4 members (excludes halogenated alkanes) is 1. The Hall–Kier alpha value is -1.73. The van der Waals surface area contributed by atoms with Gasteiger partial charge in [0.25, 0.3) is 0 Å². The summed E-state index contributed by atoms with van der Waals surface area (Å²) in [4.78, 5) is 17.1. The molecule has 9 heteroatoms. The van der Waals surface area contributed by atoms with Gasteiger partial charge in [-0.2, -0.15) is 5.26 Å². The quantitative estimate of drug-likeness (QED) is 0.299. The van der Waals surface area contributed by atoms with Crippen LogP contribution in [-0.4, -0.2) is 32.5 Å². The van der Waals surface area contributed by atoms with Gasteiger partial charge in [0.2, 0.25) is 0 Å². The molecule has 3 aromatic rings. The third-order valence-corrected chi connectivity index (χ3v) is 7.95. The fourth-order valence-corrected chi connectivity index (χ4v) is 6.23. The molecule has 2 heterocycles. The van der Waals surface area contributed by atoms with Crippen molar-refractivity contribution in [3.05, 3.63) is 40.7 Å². The van der Waals surface area contributed by atoms with E-state index in [1.807, 2.05) is 35.7 Å². The standard InChI is InChI=1S/C19H18N4OS4/c1-2-3-9-25-18-22-23-19(28-18)27-12-16(24)14(10-20)17-21-15(11-26-17)13-7-5-4-6-8-13/h4-8,11,14H,2-3,9,12H2,1H3. The molecule has 0 spiro atoms. The number of carbonyl (C=O) groups excluding carboxylic acids is 1. The van der Waals surface area contributed by atoms with Gasteiger partial charge in [-0.1, -0.05) is 78.5 Å². The SMILES string of the molecule is CCCCSc1nnc(SCC(=O)C(C#N)c2nc(-c3ccccc3)cs2)s1. The highest BCUT2D eigenvalue weighted by atomic mass is 32.2. The summed E-state index contributed by atoms with van der Waals surface area (Å²) >= 11 is 5.88. The molecule has 28 heavy (non-hydrogen) atoms.